The number of nitrogens with one attached hydrogen (secondary N) is 1. The van der Waals surface area contributed by atoms with Crippen molar-refractivity contribution in [2.45, 2.75) is 31.3 Å². The Morgan fingerprint density at radius 3 is 2.48 bits per heavy atom. The molecule has 0 radical (unpaired) electrons. The second-order valence-corrected chi connectivity index (χ2v) is 6.45. The first-order valence-electron chi connectivity index (χ1n) is 7.88. The maximum atomic E-state index is 12.2. The number of rotatable bonds is 8. The summed E-state index contributed by atoms with van der Waals surface area (Å²) < 4.78 is 5.78. The Balaban J connectivity index is 1.75. The summed E-state index contributed by atoms with van der Waals surface area (Å²) in [5.74, 6) is 1.52. The quantitative estimate of drug-likeness (QED) is 0.586. The van der Waals surface area contributed by atoms with Crippen LogP contribution < -0.4 is 10.1 Å². The second kappa shape index (κ2) is 9.26. The van der Waals surface area contributed by atoms with E-state index in [9.17, 15) is 4.79 Å². The molecular formula is C19H23NO2S. The van der Waals surface area contributed by atoms with Crippen molar-refractivity contribution in [1.82, 2.24) is 5.32 Å². The van der Waals surface area contributed by atoms with Gasteiger partial charge in [0.05, 0.1) is 0 Å². The van der Waals surface area contributed by atoms with Gasteiger partial charge in [0.2, 0.25) is 0 Å². The van der Waals surface area contributed by atoms with Crippen LogP contribution in [0.4, 0.5) is 0 Å². The van der Waals surface area contributed by atoms with Crippen LogP contribution in [0.25, 0.3) is 0 Å². The molecule has 0 heterocycles. The maximum Gasteiger partial charge on any atom is 0.261 e. The van der Waals surface area contributed by atoms with Crippen LogP contribution in [-0.4, -0.2) is 24.3 Å². The number of hydrogen-bond donors (Lipinski definition) is 1. The standard InChI is InChI=1S/C19H23NO2S/c1-3-18(22-16-11-9-15(2)10-12-16)19(21)20-13-14-23-17-7-5-4-6-8-17/h4-12,18H,3,13-14H2,1-2H3,(H,20,21)/t18-/m1/s1. The summed E-state index contributed by atoms with van der Waals surface area (Å²) in [6.07, 6.45) is 0.199. The molecule has 2 aromatic rings. The monoisotopic (exact) mass is 329 g/mol. The van der Waals surface area contributed by atoms with Gasteiger partial charge in [0.25, 0.3) is 5.91 Å². The van der Waals surface area contributed by atoms with E-state index in [4.69, 9.17) is 4.74 Å². The highest BCUT2D eigenvalue weighted by atomic mass is 32.2. The molecular weight excluding hydrogens is 306 g/mol. The van der Waals surface area contributed by atoms with Gasteiger partial charge in [-0.2, -0.15) is 0 Å². The van der Waals surface area contributed by atoms with Gasteiger partial charge in [-0.1, -0.05) is 42.8 Å². The number of carbonyl (C=O) groups is 1. The molecule has 0 spiro atoms. The normalized spacial score (nSPS) is 11.7. The van der Waals surface area contributed by atoms with Crippen LogP contribution in [0.1, 0.15) is 18.9 Å². The molecule has 0 fully saturated rings. The number of carbonyl (C=O) groups excluding carboxylic acids is 1. The summed E-state index contributed by atoms with van der Waals surface area (Å²) in [6, 6.07) is 17.9. The number of amides is 1. The third-order valence-electron chi connectivity index (χ3n) is 3.38. The van der Waals surface area contributed by atoms with Crippen LogP contribution in [0.3, 0.4) is 0 Å². The summed E-state index contributed by atoms with van der Waals surface area (Å²) in [4.78, 5) is 13.4. The van der Waals surface area contributed by atoms with Crippen LogP contribution >= 0.6 is 11.8 Å². The Hall–Kier alpha value is -1.94. The molecule has 0 bridgehead atoms. The first-order chi connectivity index (χ1) is 11.2. The first-order valence-corrected chi connectivity index (χ1v) is 8.86. The van der Waals surface area contributed by atoms with E-state index in [1.54, 1.807) is 11.8 Å². The number of thioether (sulfide) groups is 1. The number of hydrogen-bond acceptors (Lipinski definition) is 3. The summed E-state index contributed by atoms with van der Waals surface area (Å²) in [5.41, 5.74) is 1.17. The van der Waals surface area contributed by atoms with E-state index >= 15 is 0 Å². The predicted molar refractivity (Wildman–Crippen MR) is 96.1 cm³/mol. The van der Waals surface area contributed by atoms with Gasteiger partial charge >= 0.3 is 0 Å². The highest BCUT2D eigenvalue weighted by molar-refractivity contribution is 7.99. The lowest BCUT2D eigenvalue weighted by Crippen LogP contribution is -2.39. The third-order valence-corrected chi connectivity index (χ3v) is 4.39. The van der Waals surface area contributed by atoms with E-state index in [2.05, 4.69) is 17.4 Å². The molecule has 1 amide bonds. The van der Waals surface area contributed by atoms with Crippen molar-refractivity contribution in [3.63, 3.8) is 0 Å². The van der Waals surface area contributed by atoms with E-state index in [-0.39, 0.29) is 5.91 Å². The van der Waals surface area contributed by atoms with Crippen molar-refractivity contribution in [1.29, 1.82) is 0 Å². The van der Waals surface area contributed by atoms with E-state index in [0.29, 0.717) is 13.0 Å². The van der Waals surface area contributed by atoms with Gasteiger partial charge in [0.15, 0.2) is 6.10 Å². The summed E-state index contributed by atoms with van der Waals surface area (Å²) in [6.45, 7) is 4.61. The van der Waals surface area contributed by atoms with Gasteiger partial charge < -0.3 is 10.1 Å². The molecule has 122 valence electrons. The fourth-order valence-electron chi connectivity index (χ4n) is 2.08. The van der Waals surface area contributed by atoms with Crippen molar-refractivity contribution < 1.29 is 9.53 Å². The van der Waals surface area contributed by atoms with Crippen molar-refractivity contribution in [2.24, 2.45) is 0 Å². The van der Waals surface area contributed by atoms with Gasteiger partial charge in [0.1, 0.15) is 5.75 Å². The lowest BCUT2D eigenvalue weighted by Gasteiger charge is -2.17. The van der Waals surface area contributed by atoms with Crippen molar-refractivity contribution in [3.05, 3.63) is 60.2 Å². The molecule has 3 nitrogen and oxygen atoms in total. The highest BCUT2D eigenvalue weighted by Crippen LogP contribution is 2.16. The Morgan fingerprint density at radius 1 is 1.13 bits per heavy atom. The summed E-state index contributed by atoms with van der Waals surface area (Å²) >= 11 is 1.73. The number of ether oxygens (including phenoxy) is 1. The van der Waals surface area contributed by atoms with Crippen LogP contribution in [0.15, 0.2) is 59.5 Å². The molecule has 0 aromatic heterocycles. The van der Waals surface area contributed by atoms with Gasteiger partial charge in [-0.15, -0.1) is 11.8 Å². The van der Waals surface area contributed by atoms with E-state index in [0.717, 1.165) is 11.5 Å². The zero-order valence-electron chi connectivity index (χ0n) is 13.6. The average Bonchev–Trinajstić information content (AvgIpc) is 2.59. The third kappa shape index (κ3) is 5.99. The minimum Gasteiger partial charge on any atom is -0.481 e. The lowest BCUT2D eigenvalue weighted by molar-refractivity contribution is -0.127. The smallest absolute Gasteiger partial charge is 0.261 e. The number of benzene rings is 2. The lowest BCUT2D eigenvalue weighted by atomic mass is 10.2. The van der Waals surface area contributed by atoms with E-state index in [1.807, 2.05) is 56.3 Å². The SMILES string of the molecule is CC[C@@H](Oc1ccc(C)cc1)C(=O)NCCSc1ccccc1. The maximum absolute atomic E-state index is 12.2. The fourth-order valence-corrected chi connectivity index (χ4v) is 2.87. The second-order valence-electron chi connectivity index (χ2n) is 5.28. The molecule has 0 aliphatic carbocycles. The van der Waals surface area contributed by atoms with Crippen molar-refractivity contribution in [3.8, 4) is 5.75 Å². The molecule has 0 aliphatic rings. The topological polar surface area (TPSA) is 38.3 Å². The largest absolute Gasteiger partial charge is 0.481 e. The molecule has 2 rings (SSSR count). The summed E-state index contributed by atoms with van der Waals surface area (Å²) in [7, 11) is 0. The molecule has 0 saturated heterocycles. The molecule has 23 heavy (non-hydrogen) atoms. The van der Waals surface area contributed by atoms with Gasteiger partial charge in [-0.05, 0) is 37.6 Å². The zero-order valence-corrected chi connectivity index (χ0v) is 14.4. The predicted octanol–water partition coefficient (Wildman–Crippen LogP) is 4.06. The van der Waals surface area contributed by atoms with Crippen molar-refractivity contribution >= 4 is 17.7 Å². The Labute approximate surface area is 142 Å². The minimum atomic E-state index is -0.445. The molecule has 1 atom stereocenters. The van der Waals surface area contributed by atoms with Crippen LogP contribution in [-0.2, 0) is 4.79 Å². The molecule has 0 unspecified atom stereocenters. The van der Waals surface area contributed by atoms with Crippen molar-refractivity contribution in [2.75, 3.05) is 12.3 Å². The zero-order chi connectivity index (χ0) is 16.5. The Kier molecular flexibility index (Phi) is 7.01. The Morgan fingerprint density at radius 2 is 1.83 bits per heavy atom. The molecule has 2 aromatic carbocycles. The minimum absolute atomic E-state index is 0.0539. The first kappa shape index (κ1) is 17.4. The van der Waals surface area contributed by atoms with Crippen LogP contribution in [0.5, 0.6) is 5.75 Å². The van der Waals surface area contributed by atoms with Crippen LogP contribution in [0, 0.1) is 6.92 Å². The Bertz CT molecular complexity index is 599. The van der Waals surface area contributed by atoms with Gasteiger partial charge in [-0.25, -0.2) is 0 Å². The molecule has 0 aliphatic heterocycles. The number of aryl methyl sites for hydroxylation is 1. The van der Waals surface area contributed by atoms with Gasteiger partial charge in [-0.3, -0.25) is 4.79 Å². The average molecular weight is 329 g/mol. The van der Waals surface area contributed by atoms with E-state index in [1.165, 1.54) is 10.5 Å². The van der Waals surface area contributed by atoms with E-state index < -0.39 is 6.10 Å². The fraction of sp³-hybridized carbons (Fsp3) is 0.316. The molecule has 0 saturated carbocycles. The molecule has 4 heteroatoms. The van der Waals surface area contributed by atoms with Gasteiger partial charge in [0, 0.05) is 17.2 Å². The highest BCUT2D eigenvalue weighted by Gasteiger charge is 2.17. The summed E-state index contributed by atoms with van der Waals surface area (Å²) in [5, 5.41) is 2.95. The van der Waals surface area contributed by atoms with Crippen LogP contribution in [0.2, 0.25) is 0 Å². The molecule has 1 N–H and O–H groups in total.